The number of quaternary nitrogens is 2. The average Bonchev–Trinajstić information content (AvgIpc) is 2.44. The van der Waals surface area contributed by atoms with Crippen LogP contribution < -0.4 is 0 Å². The summed E-state index contributed by atoms with van der Waals surface area (Å²) in [5.41, 5.74) is 0. The standard InChI is InChI=1S/C14H28N2O2S/c1-2-3-6-15-8-11-16(12-9-15,13-10-15)7-4-5-14-19(17)18/h14H,2-13H2,1H3/q+2. The van der Waals surface area contributed by atoms with Gasteiger partial charge >= 0.3 is 0 Å². The molecule has 0 aromatic carbocycles. The summed E-state index contributed by atoms with van der Waals surface area (Å²) in [4.78, 5) is 0. The van der Waals surface area contributed by atoms with Crippen LogP contribution >= 0.6 is 0 Å². The molecule has 2 bridgehead atoms. The summed E-state index contributed by atoms with van der Waals surface area (Å²) in [5, 5.41) is 1.41. The number of nitrogens with zero attached hydrogens (tertiary/aromatic N) is 2. The molecular weight excluding hydrogens is 260 g/mol. The van der Waals surface area contributed by atoms with E-state index in [-0.39, 0.29) is 0 Å². The first-order chi connectivity index (χ1) is 9.10. The van der Waals surface area contributed by atoms with Gasteiger partial charge in [-0.1, -0.05) is 13.3 Å². The lowest BCUT2D eigenvalue weighted by molar-refractivity contribution is -1.08. The Morgan fingerprint density at radius 3 is 1.79 bits per heavy atom. The molecule has 3 aliphatic rings. The topological polar surface area (TPSA) is 34.1 Å². The van der Waals surface area contributed by atoms with Crippen molar-refractivity contribution >= 4 is 15.7 Å². The van der Waals surface area contributed by atoms with E-state index in [1.165, 1.54) is 79.5 Å². The van der Waals surface area contributed by atoms with E-state index in [0.29, 0.717) is 6.42 Å². The van der Waals surface area contributed by atoms with Gasteiger partial charge < -0.3 is 8.97 Å². The normalized spacial score (nSPS) is 33.3. The second-order valence-electron chi connectivity index (χ2n) is 6.40. The summed E-state index contributed by atoms with van der Waals surface area (Å²) in [6.07, 6.45) is 4.40. The molecule has 3 rings (SSSR count). The summed E-state index contributed by atoms with van der Waals surface area (Å²) in [6, 6.07) is 0. The van der Waals surface area contributed by atoms with Crippen LogP contribution in [0.1, 0.15) is 32.6 Å². The molecule has 5 heteroatoms. The Morgan fingerprint density at radius 1 is 0.895 bits per heavy atom. The van der Waals surface area contributed by atoms with Crippen LogP contribution in [0, 0.1) is 0 Å². The third kappa shape index (κ3) is 3.80. The Balaban J connectivity index is 1.81. The lowest BCUT2D eigenvalue weighted by Crippen LogP contribution is -2.75. The fourth-order valence-corrected chi connectivity index (χ4v) is 4.07. The van der Waals surface area contributed by atoms with Crippen LogP contribution in [0.5, 0.6) is 0 Å². The van der Waals surface area contributed by atoms with Gasteiger partial charge in [-0.2, -0.15) is 8.42 Å². The van der Waals surface area contributed by atoms with Crippen molar-refractivity contribution in [3.8, 4) is 0 Å². The highest BCUT2D eigenvalue weighted by Gasteiger charge is 2.47. The third-order valence-corrected chi connectivity index (χ3v) is 5.73. The van der Waals surface area contributed by atoms with Crippen molar-refractivity contribution in [2.24, 2.45) is 0 Å². The summed E-state index contributed by atoms with van der Waals surface area (Å²) in [5.74, 6) is 0. The van der Waals surface area contributed by atoms with Crippen molar-refractivity contribution in [3.05, 3.63) is 0 Å². The van der Waals surface area contributed by atoms with Gasteiger partial charge in [-0.3, -0.25) is 0 Å². The van der Waals surface area contributed by atoms with Crippen LogP contribution in [0.2, 0.25) is 0 Å². The molecule has 0 aliphatic carbocycles. The summed E-state index contributed by atoms with van der Waals surface area (Å²) >= 11 is 0. The average molecular weight is 288 g/mol. The van der Waals surface area contributed by atoms with Crippen LogP contribution in [0.3, 0.4) is 0 Å². The van der Waals surface area contributed by atoms with Crippen LogP contribution in [0.25, 0.3) is 0 Å². The Labute approximate surface area is 118 Å². The van der Waals surface area contributed by atoms with Gasteiger partial charge in [0.1, 0.15) is 39.3 Å². The molecule has 110 valence electrons. The van der Waals surface area contributed by atoms with Gasteiger partial charge in [0.05, 0.1) is 13.1 Å². The maximum atomic E-state index is 10.5. The molecule has 19 heavy (non-hydrogen) atoms. The Hall–Kier alpha value is -0.390. The zero-order valence-electron chi connectivity index (χ0n) is 12.2. The van der Waals surface area contributed by atoms with E-state index in [4.69, 9.17) is 0 Å². The predicted octanol–water partition coefficient (Wildman–Crippen LogP) is 0.909. The van der Waals surface area contributed by atoms with E-state index in [2.05, 4.69) is 6.92 Å². The first kappa shape index (κ1) is 15.0. The van der Waals surface area contributed by atoms with Crippen molar-refractivity contribution in [2.45, 2.75) is 32.6 Å². The summed E-state index contributed by atoms with van der Waals surface area (Å²) < 4.78 is 23.6. The molecule has 0 aromatic rings. The maximum absolute atomic E-state index is 10.5. The number of hydrogen-bond acceptors (Lipinski definition) is 2. The van der Waals surface area contributed by atoms with E-state index in [9.17, 15) is 8.42 Å². The molecule has 3 fully saturated rings. The highest BCUT2D eigenvalue weighted by atomic mass is 32.2. The second-order valence-corrected chi connectivity index (χ2v) is 7.25. The molecule has 4 nitrogen and oxygen atoms in total. The van der Waals surface area contributed by atoms with Crippen molar-refractivity contribution in [1.29, 1.82) is 0 Å². The van der Waals surface area contributed by atoms with E-state index in [1.807, 2.05) is 0 Å². The van der Waals surface area contributed by atoms with Gasteiger partial charge in [0.2, 0.25) is 10.3 Å². The molecule has 0 atom stereocenters. The second kappa shape index (κ2) is 6.37. The monoisotopic (exact) mass is 288 g/mol. The zero-order valence-corrected chi connectivity index (χ0v) is 13.0. The number of fused-ring (bicyclic) bond motifs is 3. The molecule has 3 aliphatic heterocycles. The van der Waals surface area contributed by atoms with Crippen molar-refractivity contribution in [1.82, 2.24) is 0 Å². The minimum absolute atomic E-state index is 0.714. The molecular formula is C14H28N2O2S+2. The van der Waals surface area contributed by atoms with Gasteiger partial charge in [-0.05, 0) is 12.8 Å². The van der Waals surface area contributed by atoms with Gasteiger partial charge in [0.15, 0.2) is 0 Å². The molecule has 0 aromatic heterocycles. The molecule has 0 spiro atoms. The van der Waals surface area contributed by atoms with Gasteiger partial charge in [-0.15, -0.1) is 0 Å². The van der Waals surface area contributed by atoms with Crippen LogP contribution in [0.4, 0.5) is 0 Å². The van der Waals surface area contributed by atoms with Gasteiger partial charge in [-0.25, -0.2) is 0 Å². The Bertz CT molecular complexity index is 398. The lowest BCUT2D eigenvalue weighted by atomic mass is 10.0. The fraction of sp³-hybridized carbons (Fsp3) is 0.929. The molecule has 0 radical (unpaired) electrons. The summed E-state index contributed by atoms with van der Waals surface area (Å²) in [6.45, 7) is 12.8. The van der Waals surface area contributed by atoms with E-state index in [0.717, 1.165) is 6.42 Å². The number of rotatable bonds is 7. The molecule has 0 unspecified atom stereocenters. The van der Waals surface area contributed by atoms with Crippen LogP contribution in [-0.2, 0) is 10.3 Å². The van der Waals surface area contributed by atoms with E-state index in [1.54, 1.807) is 0 Å². The minimum atomic E-state index is -1.97. The highest BCUT2D eigenvalue weighted by Crippen LogP contribution is 2.27. The molecule has 3 saturated heterocycles. The van der Waals surface area contributed by atoms with Gasteiger partial charge in [0, 0.05) is 11.8 Å². The maximum Gasteiger partial charge on any atom is 0.209 e. The first-order valence-corrected chi connectivity index (χ1v) is 8.85. The highest BCUT2D eigenvalue weighted by molar-refractivity contribution is 7.71. The van der Waals surface area contributed by atoms with Crippen molar-refractivity contribution in [3.63, 3.8) is 0 Å². The molecule has 3 heterocycles. The minimum Gasteiger partial charge on any atom is -0.310 e. The molecule has 0 saturated carbocycles. The SMILES string of the molecule is CCCC[N+]12CC[N+](CCCC=S(=O)=O)(CC1)CC2. The Kier molecular flexibility index (Phi) is 5.03. The Morgan fingerprint density at radius 2 is 1.37 bits per heavy atom. The van der Waals surface area contributed by atoms with E-state index >= 15 is 0 Å². The van der Waals surface area contributed by atoms with Crippen molar-refractivity contribution < 1.29 is 17.4 Å². The zero-order chi connectivity index (χ0) is 13.8. The number of hydrogen-bond donors (Lipinski definition) is 0. The number of unbranched alkanes of at least 4 members (excludes halogenated alkanes) is 2. The number of piperazine rings is 3. The van der Waals surface area contributed by atoms with Gasteiger partial charge in [0.25, 0.3) is 0 Å². The predicted molar refractivity (Wildman–Crippen MR) is 78.6 cm³/mol. The smallest absolute Gasteiger partial charge is 0.209 e. The largest absolute Gasteiger partial charge is 0.310 e. The lowest BCUT2D eigenvalue weighted by Gasteiger charge is -2.55. The van der Waals surface area contributed by atoms with Crippen LogP contribution in [0.15, 0.2) is 0 Å². The van der Waals surface area contributed by atoms with Crippen LogP contribution in [-0.4, -0.2) is 75.1 Å². The first-order valence-electron chi connectivity index (χ1n) is 7.71. The fourth-order valence-electron chi connectivity index (χ4n) is 3.71. The quantitative estimate of drug-likeness (QED) is 0.396. The molecule has 0 amide bonds. The third-order valence-electron chi connectivity index (χ3n) is 5.22. The van der Waals surface area contributed by atoms with Crippen molar-refractivity contribution in [2.75, 3.05) is 52.4 Å². The van der Waals surface area contributed by atoms with E-state index < -0.39 is 10.3 Å². The summed E-state index contributed by atoms with van der Waals surface area (Å²) in [7, 11) is -1.97. The molecule has 0 N–H and O–H groups in total.